The maximum atomic E-state index is 17.1. The Balaban J connectivity index is 1.63. The third-order valence-electron chi connectivity index (χ3n) is 9.07. The second kappa shape index (κ2) is 6.09. The Kier molecular flexibility index (Phi) is 4.16. The van der Waals surface area contributed by atoms with Crippen molar-refractivity contribution < 1.29 is 33.7 Å². The van der Waals surface area contributed by atoms with Crippen LogP contribution in [0.2, 0.25) is 0 Å². The van der Waals surface area contributed by atoms with E-state index in [0.717, 1.165) is 5.57 Å². The monoisotopic (exact) mass is 420 g/mol. The first-order chi connectivity index (χ1) is 14.0. The zero-order valence-corrected chi connectivity index (χ0v) is 17.6. The minimum Gasteiger partial charge on any atom is -0.390 e. The molecule has 0 radical (unpaired) electrons. The lowest BCUT2D eigenvalue weighted by molar-refractivity contribution is -0.229. The fourth-order valence-corrected chi connectivity index (χ4v) is 7.75. The highest BCUT2D eigenvalue weighted by atomic mass is 19.1. The molecular formula is C23H29FO6. The summed E-state index contributed by atoms with van der Waals surface area (Å²) in [7, 11) is 0. The van der Waals surface area contributed by atoms with Crippen LogP contribution in [0.3, 0.4) is 0 Å². The Bertz CT molecular complexity index is 883. The molecule has 0 unspecified atom stereocenters. The summed E-state index contributed by atoms with van der Waals surface area (Å²) in [5.41, 5.74) is -4.58. The molecule has 4 fully saturated rings. The van der Waals surface area contributed by atoms with Gasteiger partial charge in [0.1, 0.15) is 6.61 Å². The van der Waals surface area contributed by atoms with Gasteiger partial charge in [-0.3, -0.25) is 9.59 Å². The molecule has 1 heterocycles. The van der Waals surface area contributed by atoms with Crippen LogP contribution in [0.1, 0.15) is 46.5 Å². The topological polar surface area (TPSA) is 93.1 Å². The van der Waals surface area contributed by atoms with E-state index in [0.29, 0.717) is 19.3 Å². The van der Waals surface area contributed by atoms with Crippen molar-refractivity contribution in [2.75, 3.05) is 6.61 Å². The number of aliphatic hydroxyl groups excluding tert-OH is 2. The van der Waals surface area contributed by atoms with E-state index < -0.39 is 58.9 Å². The summed E-state index contributed by atoms with van der Waals surface area (Å²) in [5.74, 6) is -1.41. The van der Waals surface area contributed by atoms with E-state index >= 15 is 4.39 Å². The Morgan fingerprint density at radius 1 is 1.33 bits per heavy atom. The maximum absolute atomic E-state index is 17.1. The van der Waals surface area contributed by atoms with Crippen LogP contribution in [-0.4, -0.2) is 58.2 Å². The van der Waals surface area contributed by atoms with Crippen LogP contribution in [0.4, 0.5) is 4.39 Å². The molecule has 30 heavy (non-hydrogen) atoms. The molecule has 3 saturated carbocycles. The molecule has 0 aromatic heterocycles. The number of alkyl halides is 1. The highest BCUT2D eigenvalue weighted by Crippen LogP contribution is 2.71. The van der Waals surface area contributed by atoms with Gasteiger partial charge in [0.05, 0.1) is 12.2 Å². The molecule has 7 heteroatoms. The van der Waals surface area contributed by atoms with Gasteiger partial charge in [0.2, 0.25) is 0 Å². The number of carbonyl (C=O) groups excluding carboxylic acids is 2. The van der Waals surface area contributed by atoms with Crippen LogP contribution in [0.25, 0.3) is 0 Å². The predicted octanol–water partition coefficient (Wildman–Crippen LogP) is 2.03. The fraction of sp³-hybridized carbons (Fsp3) is 0.739. The molecule has 5 aliphatic rings. The fourth-order valence-electron chi connectivity index (χ4n) is 7.75. The SMILES string of the molecule is C[C@@H]1O[C@@H]2C[C@H]3[C@@H]4CCC5=CC(=O)C=C[C@]5(C)[C@@]4(F)[C@@H](O)C[C@]3(C)[C@]2(C(=O)CO)O1. The summed E-state index contributed by atoms with van der Waals surface area (Å²) in [5, 5.41) is 21.0. The third kappa shape index (κ3) is 2.08. The number of Topliss-reactive ketones (excluding diaryl/α,β-unsaturated/α-hetero) is 1. The largest absolute Gasteiger partial charge is 0.390 e. The maximum Gasteiger partial charge on any atom is 0.193 e. The number of rotatable bonds is 2. The number of hydrogen-bond donors (Lipinski definition) is 2. The number of aliphatic hydroxyl groups is 2. The minimum atomic E-state index is -1.97. The van der Waals surface area contributed by atoms with E-state index in [1.807, 2.05) is 6.92 Å². The zero-order valence-electron chi connectivity index (χ0n) is 17.6. The quantitative estimate of drug-likeness (QED) is 0.710. The van der Waals surface area contributed by atoms with Crippen molar-refractivity contribution >= 4 is 11.6 Å². The first kappa shape index (κ1) is 20.5. The molecule has 0 spiro atoms. The Morgan fingerprint density at radius 3 is 2.77 bits per heavy atom. The lowest BCUT2D eigenvalue weighted by atomic mass is 9.44. The summed E-state index contributed by atoms with van der Waals surface area (Å²) >= 11 is 0. The van der Waals surface area contributed by atoms with Gasteiger partial charge in [-0.05, 0) is 57.6 Å². The molecule has 0 bridgehead atoms. The van der Waals surface area contributed by atoms with E-state index in [1.54, 1.807) is 19.9 Å². The molecule has 0 amide bonds. The highest BCUT2D eigenvalue weighted by Gasteiger charge is 2.79. The average molecular weight is 420 g/mol. The van der Waals surface area contributed by atoms with E-state index in [9.17, 15) is 19.8 Å². The molecule has 1 aliphatic heterocycles. The smallest absolute Gasteiger partial charge is 0.193 e. The molecule has 0 aromatic carbocycles. The molecule has 9 atom stereocenters. The van der Waals surface area contributed by atoms with Gasteiger partial charge in [0.25, 0.3) is 0 Å². The van der Waals surface area contributed by atoms with Crippen LogP contribution in [0.5, 0.6) is 0 Å². The van der Waals surface area contributed by atoms with Crippen molar-refractivity contribution in [3.8, 4) is 0 Å². The lowest BCUT2D eigenvalue weighted by Crippen LogP contribution is -2.69. The van der Waals surface area contributed by atoms with E-state index in [2.05, 4.69) is 0 Å². The summed E-state index contributed by atoms with van der Waals surface area (Å²) < 4.78 is 29.1. The molecule has 0 aromatic rings. The number of halogens is 1. The molecule has 6 nitrogen and oxygen atoms in total. The van der Waals surface area contributed by atoms with Crippen molar-refractivity contribution in [2.45, 2.75) is 76.2 Å². The van der Waals surface area contributed by atoms with Gasteiger partial charge in [-0.15, -0.1) is 0 Å². The van der Waals surface area contributed by atoms with Gasteiger partial charge in [0.15, 0.2) is 29.1 Å². The molecule has 5 rings (SSSR count). The first-order valence-electron chi connectivity index (χ1n) is 10.8. The third-order valence-corrected chi connectivity index (χ3v) is 9.07. The zero-order chi connectivity index (χ0) is 21.7. The van der Waals surface area contributed by atoms with Crippen molar-refractivity contribution in [2.24, 2.45) is 22.7 Å². The minimum absolute atomic E-state index is 0.0215. The highest BCUT2D eigenvalue weighted by molar-refractivity contribution is 6.01. The van der Waals surface area contributed by atoms with Crippen molar-refractivity contribution in [1.29, 1.82) is 0 Å². The van der Waals surface area contributed by atoms with Crippen molar-refractivity contribution in [3.05, 3.63) is 23.8 Å². The number of ketones is 2. The lowest BCUT2D eigenvalue weighted by Gasteiger charge is -2.62. The second-order valence-electron chi connectivity index (χ2n) is 10.1. The summed E-state index contributed by atoms with van der Waals surface area (Å²) in [6, 6.07) is 0. The number of hydrogen-bond acceptors (Lipinski definition) is 6. The summed E-state index contributed by atoms with van der Waals surface area (Å²) in [6.45, 7) is 4.67. The normalized spacial score (nSPS) is 54.1. The molecule has 2 N–H and O–H groups in total. The van der Waals surface area contributed by atoms with Gasteiger partial charge in [-0.2, -0.15) is 0 Å². The molecular weight excluding hydrogens is 391 g/mol. The van der Waals surface area contributed by atoms with E-state index in [4.69, 9.17) is 9.47 Å². The van der Waals surface area contributed by atoms with Crippen LogP contribution < -0.4 is 0 Å². The van der Waals surface area contributed by atoms with Crippen LogP contribution in [0.15, 0.2) is 23.8 Å². The van der Waals surface area contributed by atoms with Gasteiger partial charge >= 0.3 is 0 Å². The number of allylic oxidation sites excluding steroid dienone is 4. The number of ether oxygens (including phenoxy) is 2. The van der Waals surface area contributed by atoms with Gasteiger partial charge < -0.3 is 19.7 Å². The van der Waals surface area contributed by atoms with Crippen molar-refractivity contribution in [3.63, 3.8) is 0 Å². The Labute approximate surface area is 175 Å². The first-order valence-corrected chi connectivity index (χ1v) is 10.8. The Morgan fingerprint density at radius 2 is 2.07 bits per heavy atom. The Hall–Kier alpha value is -1.41. The summed E-state index contributed by atoms with van der Waals surface area (Å²) in [6.07, 6.45) is 3.47. The van der Waals surface area contributed by atoms with Crippen LogP contribution >= 0.6 is 0 Å². The van der Waals surface area contributed by atoms with Crippen LogP contribution in [0, 0.1) is 22.7 Å². The number of carbonyl (C=O) groups is 2. The van der Waals surface area contributed by atoms with Gasteiger partial charge in [-0.1, -0.05) is 18.6 Å². The summed E-state index contributed by atoms with van der Waals surface area (Å²) in [4.78, 5) is 24.9. The van der Waals surface area contributed by atoms with Gasteiger partial charge in [0, 0.05) is 16.7 Å². The predicted molar refractivity (Wildman–Crippen MR) is 104 cm³/mol. The second-order valence-corrected chi connectivity index (χ2v) is 10.1. The standard InChI is InChI=1S/C23H29FO6/c1-12-29-19-9-16-15-5-4-13-8-14(26)6-7-20(13,2)22(15,24)17(27)10-21(16,3)23(19,30-12)18(28)11-25/h6-8,12,15-17,19,25,27H,4-5,9-11H2,1-3H3/t12-,15+,16+,17+,19-,20+,21+,22+,23-/m1/s1. The molecule has 164 valence electrons. The number of fused-ring (bicyclic) bond motifs is 7. The molecule has 4 aliphatic carbocycles. The van der Waals surface area contributed by atoms with Gasteiger partial charge in [-0.25, -0.2) is 4.39 Å². The van der Waals surface area contributed by atoms with Crippen molar-refractivity contribution in [1.82, 2.24) is 0 Å². The molecule has 1 saturated heterocycles. The van der Waals surface area contributed by atoms with E-state index in [1.165, 1.54) is 12.2 Å². The average Bonchev–Trinajstić information content (AvgIpc) is 3.14. The van der Waals surface area contributed by atoms with E-state index in [-0.39, 0.29) is 18.1 Å². The van der Waals surface area contributed by atoms with Crippen LogP contribution in [-0.2, 0) is 19.1 Å².